The Morgan fingerprint density at radius 3 is 2.44 bits per heavy atom. The van der Waals surface area contributed by atoms with E-state index in [0.717, 1.165) is 11.1 Å². The fourth-order valence-corrected chi connectivity index (χ4v) is 3.49. The highest BCUT2D eigenvalue weighted by molar-refractivity contribution is 9.11. The summed E-state index contributed by atoms with van der Waals surface area (Å²) in [6.07, 6.45) is 0. The van der Waals surface area contributed by atoms with Gasteiger partial charge in [-0.3, -0.25) is 10.1 Å². The van der Waals surface area contributed by atoms with Crippen molar-refractivity contribution >= 4 is 60.8 Å². The fraction of sp³-hybridized carbons (Fsp3) is 0.176. The fourth-order valence-electron chi connectivity index (χ4n) is 2.07. The molecule has 2 rings (SSSR count). The number of aromatic hydroxyl groups is 1. The van der Waals surface area contributed by atoms with E-state index >= 15 is 0 Å². The topological polar surface area (TPSA) is 70.6 Å². The molecule has 0 atom stereocenters. The number of aryl methyl sites for hydroxylation is 2. The van der Waals surface area contributed by atoms with Crippen molar-refractivity contribution in [2.24, 2.45) is 0 Å². The number of nitrogens with one attached hydrogen (secondary N) is 2. The molecule has 3 N–H and O–H groups in total. The van der Waals surface area contributed by atoms with E-state index in [1.807, 2.05) is 32.0 Å². The molecule has 132 valence electrons. The lowest BCUT2D eigenvalue weighted by Crippen LogP contribution is -2.37. The molecule has 8 heteroatoms. The Morgan fingerprint density at radius 2 is 1.84 bits per heavy atom. The van der Waals surface area contributed by atoms with Gasteiger partial charge in [0, 0.05) is 5.69 Å². The second kappa shape index (κ2) is 8.64. The highest BCUT2D eigenvalue weighted by atomic mass is 79.9. The van der Waals surface area contributed by atoms with Gasteiger partial charge >= 0.3 is 0 Å². The molecule has 0 fully saturated rings. The minimum absolute atomic E-state index is 0.0855. The first-order valence-corrected chi connectivity index (χ1v) is 9.24. The molecule has 2 aromatic rings. The number of carbonyl (C=O) groups is 1. The van der Waals surface area contributed by atoms with E-state index in [2.05, 4.69) is 42.5 Å². The van der Waals surface area contributed by atoms with Gasteiger partial charge in [-0.15, -0.1) is 0 Å². The van der Waals surface area contributed by atoms with E-state index in [9.17, 15) is 9.90 Å². The third-order valence-corrected chi connectivity index (χ3v) is 4.63. The molecule has 0 saturated heterocycles. The molecule has 0 aliphatic heterocycles. The SMILES string of the molecule is Cc1ccc(OCC(=O)NC(=S)Nc2cc(Br)c(O)c(Br)c2)c(C)c1. The summed E-state index contributed by atoms with van der Waals surface area (Å²) < 4.78 is 6.50. The van der Waals surface area contributed by atoms with Crippen molar-refractivity contribution in [1.82, 2.24) is 5.32 Å². The van der Waals surface area contributed by atoms with E-state index in [1.54, 1.807) is 12.1 Å². The minimum atomic E-state index is -0.366. The number of phenolic OH excluding ortho intramolecular Hbond substituents is 1. The van der Waals surface area contributed by atoms with Crippen LogP contribution in [0.2, 0.25) is 0 Å². The molecule has 0 spiro atoms. The first-order valence-electron chi connectivity index (χ1n) is 7.25. The molecule has 0 saturated carbocycles. The summed E-state index contributed by atoms with van der Waals surface area (Å²) in [6, 6.07) is 9.03. The van der Waals surface area contributed by atoms with E-state index in [4.69, 9.17) is 17.0 Å². The second-order valence-corrected chi connectivity index (χ2v) is 7.47. The molecule has 0 bridgehead atoms. The van der Waals surface area contributed by atoms with Gasteiger partial charge in [-0.2, -0.15) is 0 Å². The van der Waals surface area contributed by atoms with Crippen LogP contribution in [0.15, 0.2) is 39.3 Å². The zero-order chi connectivity index (χ0) is 18.6. The maximum atomic E-state index is 12.0. The van der Waals surface area contributed by atoms with Crippen molar-refractivity contribution in [3.8, 4) is 11.5 Å². The Hall–Kier alpha value is -1.64. The summed E-state index contributed by atoms with van der Waals surface area (Å²) in [5, 5.41) is 15.2. The van der Waals surface area contributed by atoms with Crippen molar-refractivity contribution in [2.45, 2.75) is 13.8 Å². The van der Waals surface area contributed by atoms with Crippen LogP contribution in [0.5, 0.6) is 11.5 Å². The summed E-state index contributed by atoms with van der Waals surface area (Å²) in [4.78, 5) is 12.0. The number of benzene rings is 2. The number of ether oxygens (including phenoxy) is 1. The zero-order valence-corrected chi connectivity index (χ0v) is 17.5. The molecule has 0 heterocycles. The van der Waals surface area contributed by atoms with Crippen LogP contribution in [0, 0.1) is 13.8 Å². The predicted octanol–water partition coefficient (Wildman–Crippen LogP) is 4.43. The molecule has 1 amide bonds. The van der Waals surface area contributed by atoms with Crippen LogP contribution >= 0.6 is 44.1 Å². The standard InChI is InChI=1S/C17H16Br2N2O3S/c1-9-3-4-14(10(2)5-9)24-8-15(22)21-17(25)20-11-6-12(18)16(23)13(19)7-11/h3-7,23H,8H2,1-2H3,(H2,20,21,22,25). The number of halogens is 2. The van der Waals surface area contributed by atoms with Crippen molar-refractivity contribution < 1.29 is 14.6 Å². The second-order valence-electron chi connectivity index (χ2n) is 5.35. The van der Waals surface area contributed by atoms with Gasteiger partial charge < -0.3 is 15.2 Å². The largest absolute Gasteiger partial charge is 0.506 e. The lowest BCUT2D eigenvalue weighted by atomic mass is 10.1. The van der Waals surface area contributed by atoms with Crippen LogP contribution in [-0.2, 0) is 4.79 Å². The number of thiocarbonyl (C=S) groups is 1. The van der Waals surface area contributed by atoms with E-state index in [1.165, 1.54) is 0 Å². The van der Waals surface area contributed by atoms with Crippen LogP contribution in [0.1, 0.15) is 11.1 Å². The molecule has 0 aliphatic carbocycles. The van der Waals surface area contributed by atoms with Crippen molar-refractivity contribution in [1.29, 1.82) is 0 Å². The van der Waals surface area contributed by atoms with Crippen molar-refractivity contribution in [2.75, 3.05) is 11.9 Å². The molecule has 0 aromatic heterocycles. The average molecular weight is 488 g/mol. The van der Waals surface area contributed by atoms with Gasteiger partial charge in [0.05, 0.1) is 8.95 Å². The number of phenols is 1. The molecule has 5 nitrogen and oxygen atoms in total. The summed E-state index contributed by atoms with van der Waals surface area (Å²) in [5.41, 5.74) is 2.70. The van der Waals surface area contributed by atoms with Crippen LogP contribution in [0.25, 0.3) is 0 Å². The maximum absolute atomic E-state index is 12.0. The van der Waals surface area contributed by atoms with Crippen molar-refractivity contribution in [3.05, 3.63) is 50.4 Å². The van der Waals surface area contributed by atoms with Gasteiger partial charge in [-0.1, -0.05) is 17.7 Å². The van der Waals surface area contributed by atoms with E-state index < -0.39 is 0 Å². The zero-order valence-electron chi connectivity index (χ0n) is 13.5. The number of hydrogen-bond donors (Lipinski definition) is 3. The van der Waals surface area contributed by atoms with E-state index in [-0.39, 0.29) is 23.4 Å². The monoisotopic (exact) mass is 486 g/mol. The van der Waals surface area contributed by atoms with Crippen LogP contribution < -0.4 is 15.4 Å². The van der Waals surface area contributed by atoms with Crippen molar-refractivity contribution in [3.63, 3.8) is 0 Å². The summed E-state index contributed by atoms with van der Waals surface area (Å²) in [7, 11) is 0. The smallest absolute Gasteiger partial charge is 0.264 e. The normalized spacial score (nSPS) is 10.2. The Labute approximate surface area is 168 Å². The number of rotatable bonds is 4. The highest BCUT2D eigenvalue weighted by Crippen LogP contribution is 2.35. The minimum Gasteiger partial charge on any atom is -0.506 e. The molecule has 25 heavy (non-hydrogen) atoms. The van der Waals surface area contributed by atoms with Gasteiger partial charge in [0.25, 0.3) is 5.91 Å². The number of anilines is 1. The quantitative estimate of drug-likeness (QED) is 0.439. The molecule has 0 unspecified atom stereocenters. The molecular formula is C17H16Br2N2O3S. The van der Waals surface area contributed by atoms with E-state index in [0.29, 0.717) is 20.4 Å². The van der Waals surface area contributed by atoms with Crippen LogP contribution in [0.3, 0.4) is 0 Å². The molecule has 0 aliphatic rings. The molecular weight excluding hydrogens is 472 g/mol. The third kappa shape index (κ3) is 5.69. The molecule has 0 radical (unpaired) electrons. The molecule has 2 aromatic carbocycles. The number of amides is 1. The number of carbonyl (C=O) groups excluding carboxylic acids is 1. The van der Waals surface area contributed by atoms with Gasteiger partial charge in [-0.05, 0) is 81.7 Å². The van der Waals surface area contributed by atoms with Gasteiger partial charge in [-0.25, -0.2) is 0 Å². The van der Waals surface area contributed by atoms with Gasteiger partial charge in [0.15, 0.2) is 11.7 Å². The lowest BCUT2D eigenvalue weighted by Gasteiger charge is -2.12. The Kier molecular flexibility index (Phi) is 6.80. The summed E-state index contributed by atoms with van der Waals surface area (Å²) in [5.74, 6) is 0.378. The van der Waals surface area contributed by atoms with Crippen LogP contribution in [0.4, 0.5) is 5.69 Å². The predicted molar refractivity (Wildman–Crippen MR) is 109 cm³/mol. The maximum Gasteiger partial charge on any atom is 0.264 e. The highest BCUT2D eigenvalue weighted by Gasteiger charge is 2.10. The Morgan fingerprint density at radius 1 is 1.20 bits per heavy atom. The lowest BCUT2D eigenvalue weighted by molar-refractivity contribution is -0.121. The van der Waals surface area contributed by atoms with Crippen LogP contribution in [-0.4, -0.2) is 22.7 Å². The summed E-state index contributed by atoms with van der Waals surface area (Å²) >= 11 is 11.6. The third-order valence-electron chi connectivity index (χ3n) is 3.22. The summed E-state index contributed by atoms with van der Waals surface area (Å²) in [6.45, 7) is 3.77. The average Bonchev–Trinajstić information content (AvgIpc) is 2.51. The van der Waals surface area contributed by atoms with Gasteiger partial charge in [0.2, 0.25) is 0 Å². The first kappa shape index (κ1) is 19.7. The Bertz CT molecular complexity index is 805. The first-order chi connectivity index (χ1) is 11.8. The van der Waals surface area contributed by atoms with Gasteiger partial charge in [0.1, 0.15) is 11.5 Å². The number of hydrogen-bond acceptors (Lipinski definition) is 4. The Balaban J connectivity index is 1.89.